The highest BCUT2D eigenvalue weighted by Crippen LogP contribution is 2.23. The van der Waals surface area contributed by atoms with Gasteiger partial charge in [0.1, 0.15) is 11.9 Å². The molecule has 5 heteroatoms. The first-order chi connectivity index (χ1) is 11.7. The number of ether oxygens (including phenoxy) is 2. The van der Waals surface area contributed by atoms with Crippen LogP contribution >= 0.6 is 0 Å². The van der Waals surface area contributed by atoms with Gasteiger partial charge < -0.3 is 20.1 Å². The maximum absolute atomic E-state index is 12.1. The van der Waals surface area contributed by atoms with Gasteiger partial charge in [0.25, 0.3) is 0 Å². The fraction of sp³-hybridized carbons (Fsp3) is 0.632. The highest BCUT2D eigenvalue weighted by atomic mass is 16.5. The van der Waals surface area contributed by atoms with Crippen molar-refractivity contribution < 1.29 is 14.3 Å². The van der Waals surface area contributed by atoms with E-state index in [1.54, 1.807) is 0 Å². The van der Waals surface area contributed by atoms with Gasteiger partial charge in [0, 0.05) is 18.2 Å². The fourth-order valence-corrected chi connectivity index (χ4v) is 3.42. The molecule has 1 saturated heterocycles. The summed E-state index contributed by atoms with van der Waals surface area (Å²) in [7, 11) is 0. The Balaban J connectivity index is 1.41. The summed E-state index contributed by atoms with van der Waals surface area (Å²) >= 11 is 0. The Kier molecular flexibility index (Phi) is 5.96. The SMILES string of the molecule is C[C@@H]1CCCC[C@@H]1NC(=O)CNc1ccc(O[C@H]2CCOC2)cc1. The molecule has 1 aromatic carbocycles. The van der Waals surface area contributed by atoms with Crippen LogP contribution in [-0.2, 0) is 9.53 Å². The Hall–Kier alpha value is -1.75. The molecule has 0 unspecified atom stereocenters. The molecule has 1 heterocycles. The smallest absolute Gasteiger partial charge is 0.239 e. The normalized spacial score (nSPS) is 26.8. The predicted octanol–water partition coefficient (Wildman–Crippen LogP) is 2.96. The van der Waals surface area contributed by atoms with Crippen molar-refractivity contribution >= 4 is 11.6 Å². The van der Waals surface area contributed by atoms with Crippen molar-refractivity contribution in [3.05, 3.63) is 24.3 Å². The zero-order chi connectivity index (χ0) is 16.8. The van der Waals surface area contributed by atoms with Crippen molar-refractivity contribution in [3.8, 4) is 5.75 Å². The standard InChI is InChI=1S/C19H28N2O3/c1-14-4-2-3-5-18(14)21-19(22)12-20-15-6-8-16(9-7-15)24-17-10-11-23-13-17/h6-9,14,17-18,20H,2-5,10-13H2,1H3,(H,21,22)/t14-,17+,18+/m1/s1. The first-order valence-corrected chi connectivity index (χ1v) is 9.08. The zero-order valence-corrected chi connectivity index (χ0v) is 14.4. The molecule has 5 nitrogen and oxygen atoms in total. The molecule has 1 amide bonds. The molecule has 1 aromatic rings. The van der Waals surface area contributed by atoms with E-state index in [2.05, 4.69) is 17.6 Å². The second kappa shape index (κ2) is 8.38. The number of hydrogen-bond acceptors (Lipinski definition) is 4. The van der Waals surface area contributed by atoms with Gasteiger partial charge in [-0.1, -0.05) is 19.8 Å². The zero-order valence-electron chi connectivity index (χ0n) is 14.4. The highest BCUT2D eigenvalue weighted by molar-refractivity contribution is 5.81. The third kappa shape index (κ3) is 4.87. The van der Waals surface area contributed by atoms with E-state index in [4.69, 9.17) is 9.47 Å². The van der Waals surface area contributed by atoms with Gasteiger partial charge in [-0.25, -0.2) is 0 Å². The Bertz CT molecular complexity index is 526. The van der Waals surface area contributed by atoms with Crippen LogP contribution in [0, 0.1) is 5.92 Å². The molecule has 0 bridgehead atoms. The molecule has 132 valence electrons. The van der Waals surface area contributed by atoms with E-state index in [1.165, 1.54) is 19.3 Å². The lowest BCUT2D eigenvalue weighted by Gasteiger charge is -2.29. The molecule has 0 aromatic heterocycles. The number of anilines is 1. The fourth-order valence-electron chi connectivity index (χ4n) is 3.42. The average molecular weight is 332 g/mol. The summed E-state index contributed by atoms with van der Waals surface area (Å²) < 4.78 is 11.1. The quantitative estimate of drug-likeness (QED) is 0.841. The molecule has 0 spiro atoms. The van der Waals surface area contributed by atoms with E-state index >= 15 is 0 Å². The third-order valence-corrected chi connectivity index (χ3v) is 4.96. The van der Waals surface area contributed by atoms with Crippen LogP contribution in [0.1, 0.15) is 39.0 Å². The number of carbonyl (C=O) groups is 1. The summed E-state index contributed by atoms with van der Waals surface area (Å²) in [6, 6.07) is 8.09. The number of amides is 1. The second-order valence-electron chi connectivity index (χ2n) is 6.92. The van der Waals surface area contributed by atoms with Gasteiger partial charge in [-0.2, -0.15) is 0 Å². The summed E-state index contributed by atoms with van der Waals surface area (Å²) in [5.74, 6) is 1.49. The predicted molar refractivity (Wildman–Crippen MR) is 94.3 cm³/mol. The van der Waals surface area contributed by atoms with Crippen molar-refractivity contribution in [2.45, 2.75) is 51.2 Å². The van der Waals surface area contributed by atoms with Gasteiger partial charge in [0.2, 0.25) is 5.91 Å². The van der Waals surface area contributed by atoms with Gasteiger partial charge in [0.15, 0.2) is 0 Å². The largest absolute Gasteiger partial charge is 0.488 e. The molecule has 3 rings (SSSR count). The Morgan fingerprint density at radius 1 is 1.21 bits per heavy atom. The van der Waals surface area contributed by atoms with Crippen molar-refractivity contribution in [2.24, 2.45) is 5.92 Å². The Morgan fingerprint density at radius 2 is 2.00 bits per heavy atom. The maximum Gasteiger partial charge on any atom is 0.239 e. The van der Waals surface area contributed by atoms with Crippen LogP contribution in [0.3, 0.4) is 0 Å². The van der Waals surface area contributed by atoms with Gasteiger partial charge >= 0.3 is 0 Å². The summed E-state index contributed by atoms with van der Waals surface area (Å²) in [6.07, 6.45) is 5.92. The minimum Gasteiger partial charge on any atom is -0.488 e. The topological polar surface area (TPSA) is 59.6 Å². The lowest BCUT2D eigenvalue weighted by Crippen LogP contribution is -2.43. The van der Waals surface area contributed by atoms with E-state index in [1.807, 2.05) is 24.3 Å². The molecule has 2 aliphatic rings. The molecule has 3 atom stereocenters. The van der Waals surface area contributed by atoms with Crippen LogP contribution < -0.4 is 15.4 Å². The van der Waals surface area contributed by atoms with Crippen molar-refractivity contribution in [1.29, 1.82) is 0 Å². The molecule has 0 radical (unpaired) electrons. The van der Waals surface area contributed by atoms with E-state index in [0.717, 1.165) is 30.9 Å². The minimum absolute atomic E-state index is 0.0668. The van der Waals surface area contributed by atoms with E-state index < -0.39 is 0 Å². The molecule has 2 N–H and O–H groups in total. The number of nitrogens with one attached hydrogen (secondary N) is 2. The monoisotopic (exact) mass is 332 g/mol. The van der Waals surface area contributed by atoms with Gasteiger partial charge in [-0.15, -0.1) is 0 Å². The van der Waals surface area contributed by atoms with E-state index in [-0.39, 0.29) is 12.0 Å². The molecular formula is C19H28N2O3. The molecule has 1 aliphatic heterocycles. The summed E-state index contributed by atoms with van der Waals surface area (Å²) in [4.78, 5) is 12.1. The molecule has 1 saturated carbocycles. The average Bonchev–Trinajstić information content (AvgIpc) is 3.09. The number of carbonyl (C=O) groups excluding carboxylic acids is 1. The molecule has 24 heavy (non-hydrogen) atoms. The van der Waals surface area contributed by atoms with Gasteiger partial charge in [0.05, 0.1) is 19.8 Å². The first-order valence-electron chi connectivity index (χ1n) is 9.08. The van der Waals surface area contributed by atoms with Crippen LogP contribution in [0.25, 0.3) is 0 Å². The summed E-state index contributed by atoms with van der Waals surface area (Å²) in [5.41, 5.74) is 0.928. The molecule has 2 fully saturated rings. The van der Waals surface area contributed by atoms with Gasteiger partial charge in [-0.3, -0.25) is 4.79 Å². The number of hydrogen-bond donors (Lipinski definition) is 2. The molecular weight excluding hydrogens is 304 g/mol. The van der Waals surface area contributed by atoms with Crippen molar-refractivity contribution in [1.82, 2.24) is 5.32 Å². The van der Waals surface area contributed by atoms with Crippen LogP contribution in [0.4, 0.5) is 5.69 Å². The van der Waals surface area contributed by atoms with E-state index in [9.17, 15) is 4.79 Å². The summed E-state index contributed by atoms with van der Waals surface area (Å²) in [5, 5.41) is 6.34. The first kappa shape index (κ1) is 17.1. The summed E-state index contributed by atoms with van der Waals surface area (Å²) in [6.45, 7) is 3.98. The maximum atomic E-state index is 12.1. The van der Waals surface area contributed by atoms with Crippen LogP contribution in [0.2, 0.25) is 0 Å². The third-order valence-electron chi connectivity index (χ3n) is 4.96. The lowest BCUT2D eigenvalue weighted by molar-refractivity contribution is -0.120. The molecule has 1 aliphatic carbocycles. The lowest BCUT2D eigenvalue weighted by atomic mass is 9.86. The number of benzene rings is 1. The Labute approximate surface area is 144 Å². The van der Waals surface area contributed by atoms with Crippen LogP contribution in [0.5, 0.6) is 5.75 Å². The van der Waals surface area contributed by atoms with Crippen molar-refractivity contribution in [3.63, 3.8) is 0 Å². The number of rotatable bonds is 6. The van der Waals surface area contributed by atoms with E-state index in [0.29, 0.717) is 25.1 Å². The van der Waals surface area contributed by atoms with Crippen LogP contribution in [0.15, 0.2) is 24.3 Å². The van der Waals surface area contributed by atoms with Crippen LogP contribution in [-0.4, -0.2) is 37.8 Å². The minimum atomic E-state index is 0.0668. The second-order valence-corrected chi connectivity index (χ2v) is 6.92. The van der Waals surface area contributed by atoms with Gasteiger partial charge in [-0.05, 0) is 43.0 Å². The Morgan fingerprint density at radius 3 is 2.71 bits per heavy atom. The highest BCUT2D eigenvalue weighted by Gasteiger charge is 2.22. The van der Waals surface area contributed by atoms with Crippen molar-refractivity contribution in [2.75, 3.05) is 25.1 Å².